The lowest BCUT2D eigenvalue weighted by molar-refractivity contribution is -0.117. The molecular formula is C50H28BNO. The molecule has 4 heterocycles. The number of benzene rings is 8. The van der Waals surface area contributed by atoms with Crippen LogP contribution in [0.4, 0.5) is 11.4 Å². The van der Waals surface area contributed by atoms with E-state index < -0.39 is 10.8 Å². The van der Waals surface area contributed by atoms with Crippen LogP contribution in [0.5, 0.6) is 0 Å². The fourth-order valence-electron chi connectivity index (χ4n) is 12.4. The van der Waals surface area contributed by atoms with E-state index in [1.807, 2.05) is 0 Å². The predicted octanol–water partition coefficient (Wildman–Crippen LogP) is 8.24. The van der Waals surface area contributed by atoms with Crippen LogP contribution in [0.3, 0.4) is 0 Å². The molecule has 0 atom stereocenters. The minimum Gasteiger partial charge on any atom is -0.281 e. The highest BCUT2D eigenvalue weighted by Gasteiger charge is 2.62. The molecule has 2 nitrogen and oxygen atoms in total. The van der Waals surface area contributed by atoms with Gasteiger partial charge in [0.15, 0.2) is 0 Å². The summed E-state index contributed by atoms with van der Waals surface area (Å²) in [6.07, 6.45) is 0.396. The molecule has 8 aromatic rings. The number of nitrogens with zero attached hydrogens (tertiary/aromatic N) is 1. The topological polar surface area (TPSA) is 20.3 Å². The summed E-state index contributed by atoms with van der Waals surface area (Å²) in [5.74, 6) is 0.150. The monoisotopic (exact) mass is 669 g/mol. The van der Waals surface area contributed by atoms with Crippen molar-refractivity contribution in [2.24, 2.45) is 0 Å². The summed E-state index contributed by atoms with van der Waals surface area (Å²) in [6.45, 7) is -0.0203. The van der Waals surface area contributed by atoms with E-state index >= 15 is 0 Å². The molecular weight excluding hydrogens is 641 g/mol. The van der Waals surface area contributed by atoms with Gasteiger partial charge in [0.25, 0.3) is 0 Å². The first-order valence-electron chi connectivity index (χ1n) is 18.8. The molecule has 0 aromatic heterocycles. The Morgan fingerprint density at radius 1 is 0.453 bits per heavy atom. The van der Waals surface area contributed by atoms with Crippen molar-refractivity contribution >= 4 is 51.2 Å². The van der Waals surface area contributed by atoms with Gasteiger partial charge in [0, 0.05) is 11.1 Å². The van der Waals surface area contributed by atoms with E-state index in [2.05, 4.69) is 163 Å². The number of rotatable bonds is 0. The maximum Gasteiger partial charge on any atom is 0.248 e. The predicted molar refractivity (Wildman–Crippen MR) is 214 cm³/mol. The van der Waals surface area contributed by atoms with Gasteiger partial charge >= 0.3 is 0 Å². The summed E-state index contributed by atoms with van der Waals surface area (Å²) >= 11 is 0. The molecule has 1 amide bonds. The van der Waals surface area contributed by atoms with Crippen LogP contribution in [0.1, 0.15) is 50.1 Å². The molecule has 4 aliphatic heterocycles. The maximum absolute atomic E-state index is 14.8. The zero-order valence-corrected chi connectivity index (χ0v) is 28.7. The number of carbonyl (C=O) groups excluding carboxylic acids is 1. The lowest BCUT2D eigenvalue weighted by atomic mass is 9.25. The number of amides is 1. The Balaban J connectivity index is 1.28. The summed E-state index contributed by atoms with van der Waals surface area (Å²) < 4.78 is 0. The molecule has 2 spiro atoms. The highest BCUT2D eigenvalue weighted by Crippen LogP contribution is 2.62. The van der Waals surface area contributed by atoms with E-state index in [9.17, 15) is 4.79 Å². The molecule has 6 aliphatic rings. The van der Waals surface area contributed by atoms with E-state index in [1.165, 1.54) is 93.9 Å². The molecule has 2 aliphatic carbocycles. The van der Waals surface area contributed by atoms with Gasteiger partial charge in [-0.2, -0.15) is 0 Å². The Labute approximate surface area is 307 Å². The fourth-order valence-corrected chi connectivity index (χ4v) is 12.4. The quantitative estimate of drug-likeness (QED) is 0.149. The Morgan fingerprint density at radius 2 is 0.925 bits per heavy atom. The van der Waals surface area contributed by atoms with Gasteiger partial charge in [0.2, 0.25) is 12.6 Å². The SMILES string of the molecule is O=C1Cc2cccc3cc4c5c(c23)N1c1cccc2c1B5c1c(cccc1C41c3ccccc3-c3ccccc31)C21c2ccccc2-c2ccccc21. The third-order valence-corrected chi connectivity index (χ3v) is 13.9. The Bertz CT molecular complexity index is 3010. The van der Waals surface area contributed by atoms with E-state index in [1.54, 1.807) is 0 Å². The Morgan fingerprint density at radius 3 is 1.51 bits per heavy atom. The normalized spacial score (nSPS) is 16.9. The third kappa shape index (κ3) is 2.68. The number of hydrogen-bond donors (Lipinski definition) is 0. The van der Waals surface area contributed by atoms with Crippen molar-refractivity contribution in [2.45, 2.75) is 17.3 Å². The molecule has 0 bridgehead atoms. The molecule has 0 radical (unpaired) electrons. The molecule has 14 rings (SSSR count). The zero-order valence-electron chi connectivity index (χ0n) is 28.7. The summed E-state index contributed by atoms with van der Waals surface area (Å²) in [4.78, 5) is 17.0. The van der Waals surface area contributed by atoms with Crippen molar-refractivity contribution in [1.29, 1.82) is 0 Å². The van der Waals surface area contributed by atoms with Gasteiger partial charge in [-0.25, -0.2) is 0 Å². The summed E-state index contributed by atoms with van der Waals surface area (Å²) in [6, 6.07) is 59.4. The molecule has 3 heteroatoms. The van der Waals surface area contributed by atoms with Crippen LogP contribution in [0, 0.1) is 0 Å². The molecule has 0 fully saturated rings. The van der Waals surface area contributed by atoms with Crippen molar-refractivity contribution in [2.75, 3.05) is 4.90 Å². The average Bonchev–Trinajstić information content (AvgIpc) is 3.67. The lowest BCUT2D eigenvalue weighted by Crippen LogP contribution is -2.71. The highest BCUT2D eigenvalue weighted by molar-refractivity contribution is 7.00. The first-order chi connectivity index (χ1) is 26.2. The number of anilines is 2. The van der Waals surface area contributed by atoms with Gasteiger partial charge in [-0.05, 0) is 101 Å². The second-order valence-corrected chi connectivity index (χ2v) is 15.7. The minimum absolute atomic E-state index is 0.0203. The number of fused-ring (bicyclic) bond motifs is 15. The molecule has 0 unspecified atom stereocenters. The summed E-state index contributed by atoms with van der Waals surface area (Å²) in [5, 5.41) is 2.44. The van der Waals surface area contributed by atoms with Gasteiger partial charge < -0.3 is 0 Å². The van der Waals surface area contributed by atoms with Crippen molar-refractivity contribution in [3.8, 4) is 22.3 Å². The van der Waals surface area contributed by atoms with Crippen LogP contribution < -0.4 is 21.3 Å². The van der Waals surface area contributed by atoms with Crippen molar-refractivity contribution in [3.63, 3.8) is 0 Å². The second-order valence-electron chi connectivity index (χ2n) is 15.7. The van der Waals surface area contributed by atoms with Crippen molar-refractivity contribution in [3.05, 3.63) is 208 Å². The van der Waals surface area contributed by atoms with Crippen LogP contribution in [-0.2, 0) is 22.0 Å². The highest BCUT2D eigenvalue weighted by atomic mass is 16.2. The van der Waals surface area contributed by atoms with Gasteiger partial charge in [-0.15, -0.1) is 0 Å². The average molecular weight is 670 g/mol. The van der Waals surface area contributed by atoms with Crippen LogP contribution in [0.25, 0.3) is 33.0 Å². The van der Waals surface area contributed by atoms with E-state index in [4.69, 9.17) is 0 Å². The molecule has 0 saturated carbocycles. The summed E-state index contributed by atoms with van der Waals surface area (Å²) in [7, 11) is 0. The molecule has 53 heavy (non-hydrogen) atoms. The molecule has 242 valence electrons. The Hall–Kier alpha value is -6.45. The number of hydrogen-bond acceptors (Lipinski definition) is 1. The van der Waals surface area contributed by atoms with Crippen LogP contribution >= 0.6 is 0 Å². The first kappa shape index (κ1) is 27.2. The fraction of sp³-hybridized carbons (Fsp3) is 0.0600. The Kier molecular flexibility index (Phi) is 4.51. The van der Waals surface area contributed by atoms with Gasteiger partial charge in [-0.1, -0.05) is 151 Å². The van der Waals surface area contributed by atoms with Crippen molar-refractivity contribution in [1.82, 2.24) is 0 Å². The van der Waals surface area contributed by atoms with Crippen LogP contribution in [0.2, 0.25) is 0 Å². The van der Waals surface area contributed by atoms with Gasteiger partial charge in [0.1, 0.15) is 0 Å². The third-order valence-electron chi connectivity index (χ3n) is 13.9. The van der Waals surface area contributed by atoms with Crippen LogP contribution in [0.15, 0.2) is 158 Å². The first-order valence-corrected chi connectivity index (χ1v) is 18.8. The minimum atomic E-state index is -0.570. The van der Waals surface area contributed by atoms with Crippen molar-refractivity contribution < 1.29 is 4.79 Å². The molecule has 8 aromatic carbocycles. The second kappa shape index (κ2) is 8.77. The van der Waals surface area contributed by atoms with E-state index in [-0.39, 0.29) is 12.6 Å². The smallest absolute Gasteiger partial charge is 0.248 e. The molecule has 0 N–H and O–H groups in total. The van der Waals surface area contributed by atoms with E-state index in [0.717, 1.165) is 16.9 Å². The number of carbonyl (C=O) groups is 1. The van der Waals surface area contributed by atoms with Crippen LogP contribution in [-0.4, -0.2) is 12.6 Å². The summed E-state index contributed by atoms with van der Waals surface area (Å²) in [5.41, 5.74) is 22.0. The van der Waals surface area contributed by atoms with E-state index in [0.29, 0.717) is 6.42 Å². The standard InChI is InChI=1S/C50H28BNO/c53-43-27-29-13-9-12-28-26-41-47-48(44(28)29)52(43)42-25-11-24-40-46(42)51(47)45-38(49(40)34-18-5-1-14-30(34)31-15-2-6-19-35(31)49)22-10-23-39(45)50(41)36-20-7-3-16-32(36)33-17-4-8-21-37(33)50/h1-26H,27H2. The lowest BCUT2D eigenvalue weighted by Gasteiger charge is -2.53. The maximum atomic E-state index is 14.8. The van der Waals surface area contributed by atoms with Gasteiger partial charge in [0.05, 0.1) is 22.9 Å². The largest absolute Gasteiger partial charge is 0.281 e. The van der Waals surface area contributed by atoms with Gasteiger partial charge in [-0.3, -0.25) is 9.69 Å². The molecule has 0 saturated heterocycles. The zero-order chi connectivity index (χ0) is 34.4.